The van der Waals surface area contributed by atoms with Crippen LogP contribution in [0.3, 0.4) is 0 Å². The minimum atomic E-state index is -0.439. The molecule has 1 aliphatic heterocycles. The van der Waals surface area contributed by atoms with Crippen molar-refractivity contribution in [2.24, 2.45) is 5.92 Å². The molecule has 0 radical (unpaired) electrons. The second-order valence-electron chi connectivity index (χ2n) is 5.41. The number of hydrogen-bond donors (Lipinski definition) is 1. The van der Waals surface area contributed by atoms with Crippen LogP contribution in [0.25, 0.3) is 0 Å². The van der Waals surface area contributed by atoms with Gasteiger partial charge >= 0.3 is 5.97 Å². The molecule has 1 saturated heterocycles. The third-order valence-corrected chi connectivity index (χ3v) is 3.63. The average Bonchev–Trinajstić information content (AvgIpc) is 2.45. The molecule has 5 nitrogen and oxygen atoms in total. The second-order valence-corrected chi connectivity index (χ2v) is 5.41. The first kappa shape index (κ1) is 17.4. The Hall–Kier alpha value is -0.650. The molecular weight excluding hydrogens is 258 g/mol. The number of aliphatic hydroxyl groups is 1. The summed E-state index contributed by atoms with van der Waals surface area (Å²) < 4.78 is 10.5. The third-order valence-electron chi connectivity index (χ3n) is 3.63. The molecule has 1 aliphatic rings. The first-order valence-electron chi connectivity index (χ1n) is 7.82. The zero-order valence-corrected chi connectivity index (χ0v) is 12.8. The van der Waals surface area contributed by atoms with E-state index < -0.39 is 6.10 Å². The number of likely N-dealkylation sites (tertiary alicyclic amines) is 1. The Bertz CT molecular complexity index is 265. The molecule has 1 N–H and O–H groups in total. The van der Waals surface area contributed by atoms with Gasteiger partial charge < -0.3 is 19.5 Å². The molecule has 0 bridgehead atoms. The van der Waals surface area contributed by atoms with Gasteiger partial charge in [-0.15, -0.1) is 0 Å². The van der Waals surface area contributed by atoms with Gasteiger partial charge in [-0.3, -0.25) is 4.79 Å². The highest BCUT2D eigenvalue weighted by Gasteiger charge is 2.26. The number of nitrogens with zero attached hydrogens (tertiary/aromatic N) is 1. The zero-order valence-electron chi connectivity index (χ0n) is 12.8. The van der Waals surface area contributed by atoms with E-state index in [9.17, 15) is 9.90 Å². The molecule has 0 saturated carbocycles. The Kier molecular flexibility index (Phi) is 8.82. The van der Waals surface area contributed by atoms with Gasteiger partial charge in [-0.2, -0.15) is 0 Å². The molecule has 118 valence electrons. The lowest BCUT2D eigenvalue weighted by molar-refractivity contribution is -0.149. The Morgan fingerprint density at radius 1 is 1.35 bits per heavy atom. The highest BCUT2D eigenvalue weighted by atomic mass is 16.5. The van der Waals surface area contributed by atoms with Gasteiger partial charge in [0.1, 0.15) is 0 Å². The standard InChI is InChI=1S/C15H29NO4/c1-3-5-10-19-12-14(17)11-16-8-6-13(7-9-16)15(18)20-4-2/h13-14,17H,3-12H2,1-2H3. The van der Waals surface area contributed by atoms with E-state index in [1.54, 1.807) is 0 Å². The molecule has 1 unspecified atom stereocenters. The summed E-state index contributed by atoms with van der Waals surface area (Å²) in [6.45, 7) is 7.84. The summed E-state index contributed by atoms with van der Waals surface area (Å²) in [6, 6.07) is 0. The number of aliphatic hydroxyl groups excluding tert-OH is 1. The van der Waals surface area contributed by atoms with E-state index >= 15 is 0 Å². The van der Waals surface area contributed by atoms with E-state index in [1.807, 2.05) is 6.92 Å². The summed E-state index contributed by atoms with van der Waals surface area (Å²) in [5.41, 5.74) is 0. The molecule has 0 aliphatic carbocycles. The van der Waals surface area contributed by atoms with Gasteiger partial charge in [0, 0.05) is 13.2 Å². The summed E-state index contributed by atoms with van der Waals surface area (Å²) in [7, 11) is 0. The van der Waals surface area contributed by atoms with Crippen molar-refractivity contribution >= 4 is 5.97 Å². The number of ether oxygens (including phenoxy) is 2. The molecule has 0 amide bonds. The Balaban J connectivity index is 2.13. The van der Waals surface area contributed by atoms with Gasteiger partial charge in [-0.25, -0.2) is 0 Å². The maximum Gasteiger partial charge on any atom is 0.309 e. The molecule has 1 rings (SSSR count). The largest absolute Gasteiger partial charge is 0.466 e. The lowest BCUT2D eigenvalue weighted by atomic mass is 9.97. The number of piperidine rings is 1. The summed E-state index contributed by atoms with van der Waals surface area (Å²) in [5, 5.41) is 9.90. The fraction of sp³-hybridized carbons (Fsp3) is 0.933. The van der Waals surface area contributed by atoms with Gasteiger partial charge in [0.25, 0.3) is 0 Å². The van der Waals surface area contributed by atoms with Crippen LogP contribution in [-0.4, -0.2) is 61.5 Å². The molecule has 0 aromatic rings. The highest BCUT2D eigenvalue weighted by molar-refractivity contribution is 5.72. The Morgan fingerprint density at radius 3 is 2.65 bits per heavy atom. The Morgan fingerprint density at radius 2 is 2.05 bits per heavy atom. The number of β-amino-alcohol motifs (C(OH)–C–C–N with tert-alkyl or cyclic N) is 1. The van der Waals surface area contributed by atoms with Crippen LogP contribution in [0.5, 0.6) is 0 Å². The van der Waals surface area contributed by atoms with Crippen molar-refractivity contribution < 1.29 is 19.4 Å². The van der Waals surface area contributed by atoms with Crippen molar-refractivity contribution in [3.8, 4) is 0 Å². The maximum atomic E-state index is 11.6. The molecule has 1 atom stereocenters. The van der Waals surface area contributed by atoms with Gasteiger partial charge in [0.05, 0.1) is 25.2 Å². The second kappa shape index (κ2) is 10.1. The fourth-order valence-electron chi connectivity index (χ4n) is 2.43. The molecule has 20 heavy (non-hydrogen) atoms. The van der Waals surface area contributed by atoms with Crippen molar-refractivity contribution in [1.82, 2.24) is 4.90 Å². The fourth-order valence-corrected chi connectivity index (χ4v) is 2.43. The molecular formula is C15H29NO4. The van der Waals surface area contributed by atoms with Crippen molar-refractivity contribution in [1.29, 1.82) is 0 Å². The predicted octanol–water partition coefficient (Wildman–Crippen LogP) is 1.44. The van der Waals surface area contributed by atoms with Crippen LogP contribution >= 0.6 is 0 Å². The third kappa shape index (κ3) is 6.68. The van der Waals surface area contributed by atoms with Gasteiger partial charge in [0.15, 0.2) is 0 Å². The zero-order chi connectivity index (χ0) is 14.8. The van der Waals surface area contributed by atoms with E-state index in [-0.39, 0.29) is 11.9 Å². The minimum absolute atomic E-state index is 0.0316. The lowest BCUT2D eigenvalue weighted by Crippen LogP contribution is -2.42. The number of carbonyl (C=O) groups is 1. The monoisotopic (exact) mass is 287 g/mol. The van der Waals surface area contributed by atoms with Crippen LogP contribution in [0.2, 0.25) is 0 Å². The molecule has 0 aromatic heterocycles. The van der Waals surface area contributed by atoms with E-state index in [4.69, 9.17) is 9.47 Å². The maximum absolute atomic E-state index is 11.6. The van der Waals surface area contributed by atoms with Crippen molar-refractivity contribution in [2.45, 2.75) is 45.6 Å². The number of esters is 1. The number of carbonyl (C=O) groups excluding carboxylic acids is 1. The molecule has 5 heteroatoms. The smallest absolute Gasteiger partial charge is 0.309 e. The Labute approximate surface area is 122 Å². The molecule has 1 heterocycles. The summed E-state index contributed by atoms with van der Waals surface area (Å²) >= 11 is 0. The highest BCUT2D eigenvalue weighted by Crippen LogP contribution is 2.18. The summed E-state index contributed by atoms with van der Waals surface area (Å²) in [4.78, 5) is 13.8. The topological polar surface area (TPSA) is 59.0 Å². The van der Waals surface area contributed by atoms with E-state index in [0.29, 0.717) is 19.8 Å². The predicted molar refractivity (Wildman–Crippen MR) is 77.5 cm³/mol. The minimum Gasteiger partial charge on any atom is -0.466 e. The van der Waals surface area contributed by atoms with Crippen LogP contribution in [0, 0.1) is 5.92 Å². The van der Waals surface area contributed by atoms with Crippen molar-refractivity contribution in [3.63, 3.8) is 0 Å². The number of rotatable bonds is 9. The van der Waals surface area contributed by atoms with Crippen LogP contribution in [0.4, 0.5) is 0 Å². The first-order chi connectivity index (χ1) is 9.67. The number of unbranched alkanes of at least 4 members (excludes halogenated alkanes) is 1. The van der Waals surface area contributed by atoms with E-state index in [0.717, 1.165) is 45.4 Å². The average molecular weight is 287 g/mol. The van der Waals surface area contributed by atoms with Gasteiger partial charge in [-0.1, -0.05) is 13.3 Å². The normalized spacial score (nSPS) is 18.9. The summed E-state index contributed by atoms with van der Waals surface area (Å²) in [5.74, 6) is -0.0419. The summed E-state index contributed by atoms with van der Waals surface area (Å²) in [6.07, 6.45) is 3.35. The molecule has 0 aromatic carbocycles. The van der Waals surface area contributed by atoms with Crippen molar-refractivity contribution in [3.05, 3.63) is 0 Å². The SMILES string of the molecule is CCCCOCC(O)CN1CCC(C(=O)OCC)CC1. The number of hydrogen-bond acceptors (Lipinski definition) is 5. The van der Waals surface area contributed by atoms with E-state index in [1.165, 1.54) is 0 Å². The van der Waals surface area contributed by atoms with Gasteiger partial charge in [0.2, 0.25) is 0 Å². The lowest BCUT2D eigenvalue weighted by Gasteiger charge is -2.32. The first-order valence-corrected chi connectivity index (χ1v) is 7.82. The molecule has 1 fully saturated rings. The van der Waals surface area contributed by atoms with Crippen molar-refractivity contribution in [2.75, 3.05) is 39.5 Å². The van der Waals surface area contributed by atoms with Gasteiger partial charge in [-0.05, 0) is 39.3 Å². The van der Waals surface area contributed by atoms with Crippen LogP contribution in [0.15, 0.2) is 0 Å². The quantitative estimate of drug-likeness (QED) is 0.513. The van der Waals surface area contributed by atoms with Crippen LogP contribution < -0.4 is 0 Å². The van der Waals surface area contributed by atoms with Crippen LogP contribution in [-0.2, 0) is 14.3 Å². The molecule has 0 spiro atoms. The van der Waals surface area contributed by atoms with E-state index in [2.05, 4.69) is 11.8 Å². The van der Waals surface area contributed by atoms with Crippen LogP contribution in [0.1, 0.15) is 39.5 Å².